The molecule has 20 heavy (non-hydrogen) atoms. The zero-order valence-electron chi connectivity index (χ0n) is 10.6. The normalized spacial score (nSPS) is 11.7. The zero-order chi connectivity index (χ0) is 14.9. The number of nitrogen functional groups attached to an aromatic ring is 1. The molecule has 0 bridgehead atoms. The van der Waals surface area contributed by atoms with Crippen LogP contribution in [0.15, 0.2) is 22.3 Å². The minimum absolute atomic E-state index is 0.0508. The van der Waals surface area contributed by atoms with Crippen LogP contribution in [-0.4, -0.2) is 19.9 Å². The van der Waals surface area contributed by atoms with E-state index < -0.39 is 12.0 Å². The highest BCUT2D eigenvalue weighted by Gasteiger charge is 2.35. The largest absolute Gasteiger partial charge is 0.451 e. The average Bonchev–Trinajstić information content (AvgIpc) is 2.25. The number of nitrogens with zero attached hydrogens (tertiary/aromatic N) is 4. The summed E-state index contributed by atoms with van der Waals surface area (Å²) in [6.07, 6.45) is -4.64. The lowest BCUT2D eigenvalue weighted by atomic mass is 10.4. The van der Waals surface area contributed by atoms with E-state index in [-0.39, 0.29) is 10.8 Å². The highest BCUT2D eigenvalue weighted by molar-refractivity contribution is 7.99. The van der Waals surface area contributed by atoms with Crippen LogP contribution in [-0.2, 0) is 6.18 Å². The van der Waals surface area contributed by atoms with Crippen LogP contribution < -0.4 is 5.73 Å². The first-order valence-corrected chi connectivity index (χ1v) is 6.27. The molecule has 2 heterocycles. The zero-order valence-corrected chi connectivity index (χ0v) is 11.4. The van der Waals surface area contributed by atoms with E-state index in [1.54, 1.807) is 19.9 Å². The van der Waals surface area contributed by atoms with Gasteiger partial charge in [-0.1, -0.05) is 0 Å². The number of hydrogen-bond donors (Lipinski definition) is 1. The van der Waals surface area contributed by atoms with Crippen LogP contribution in [0.4, 0.5) is 19.0 Å². The van der Waals surface area contributed by atoms with Crippen LogP contribution in [0, 0.1) is 13.8 Å². The second kappa shape index (κ2) is 5.23. The molecule has 0 aliphatic carbocycles. The molecular formula is C11H10F3N5S. The van der Waals surface area contributed by atoms with Gasteiger partial charge in [0.2, 0.25) is 5.82 Å². The maximum absolute atomic E-state index is 12.6. The lowest BCUT2D eigenvalue weighted by Gasteiger charge is -2.08. The highest BCUT2D eigenvalue weighted by atomic mass is 32.2. The molecule has 0 spiro atoms. The summed E-state index contributed by atoms with van der Waals surface area (Å²) >= 11 is 0.907. The lowest BCUT2D eigenvalue weighted by Crippen LogP contribution is -2.12. The Hall–Kier alpha value is -1.90. The van der Waals surface area contributed by atoms with Crippen LogP contribution in [0.5, 0.6) is 0 Å². The molecule has 0 aliphatic heterocycles. The van der Waals surface area contributed by atoms with E-state index >= 15 is 0 Å². The standard InChI is InChI=1S/C11H10F3N5S/c1-5-3-6(2)17-10(16-5)20-8-4-7(15)18-9(19-8)11(12,13)14/h3-4H,1-2H3,(H2,15,18,19). The second-order valence-corrected chi connectivity index (χ2v) is 4.98. The van der Waals surface area contributed by atoms with Gasteiger partial charge in [-0.15, -0.1) is 0 Å². The Morgan fingerprint density at radius 2 is 1.60 bits per heavy atom. The number of rotatable bonds is 2. The van der Waals surface area contributed by atoms with Crippen molar-refractivity contribution in [2.75, 3.05) is 5.73 Å². The van der Waals surface area contributed by atoms with Crippen LogP contribution >= 0.6 is 11.8 Å². The van der Waals surface area contributed by atoms with Crippen molar-refractivity contribution in [1.82, 2.24) is 19.9 Å². The van der Waals surface area contributed by atoms with Crippen molar-refractivity contribution in [3.8, 4) is 0 Å². The topological polar surface area (TPSA) is 77.6 Å². The van der Waals surface area contributed by atoms with Crippen molar-refractivity contribution in [2.45, 2.75) is 30.2 Å². The van der Waals surface area contributed by atoms with Crippen molar-refractivity contribution in [2.24, 2.45) is 0 Å². The van der Waals surface area contributed by atoms with Gasteiger partial charge in [-0.25, -0.2) is 19.9 Å². The maximum atomic E-state index is 12.6. The molecule has 0 unspecified atom stereocenters. The number of anilines is 1. The molecular weight excluding hydrogens is 291 g/mol. The summed E-state index contributed by atoms with van der Waals surface area (Å²) in [7, 11) is 0. The Bertz CT molecular complexity index is 624. The quantitative estimate of drug-likeness (QED) is 0.678. The van der Waals surface area contributed by atoms with Gasteiger partial charge in [0.15, 0.2) is 5.16 Å². The molecule has 2 aromatic rings. The van der Waals surface area contributed by atoms with Gasteiger partial charge in [0.1, 0.15) is 10.8 Å². The summed E-state index contributed by atoms with van der Waals surface area (Å²) < 4.78 is 37.8. The first kappa shape index (κ1) is 14.5. The van der Waals surface area contributed by atoms with Crippen LogP contribution in [0.3, 0.4) is 0 Å². The van der Waals surface area contributed by atoms with Crippen molar-refractivity contribution in [3.05, 3.63) is 29.3 Å². The smallest absolute Gasteiger partial charge is 0.384 e. The Labute approximate surface area is 116 Å². The van der Waals surface area contributed by atoms with Crippen molar-refractivity contribution in [1.29, 1.82) is 0 Å². The third-order valence-electron chi connectivity index (χ3n) is 2.13. The third-order valence-corrected chi connectivity index (χ3v) is 2.92. The fraction of sp³-hybridized carbons (Fsp3) is 0.273. The van der Waals surface area contributed by atoms with Gasteiger partial charge < -0.3 is 5.73 Å². The summed E-state index contributed by atoms with van der Waals surface area (Å²) in [5.74, 6) is -1.52. The summed E-state index contributed by atoms with van der Waals surface area (Å²) in [6.45, 7) is 3.54. The molecule has 0 radical (unpaired) electrons. The maximum Gasteiger partial charge on any atom is 0.451 e. The predicted octanol–water partition coefficient (Wildman–Crippen LogP) is 2.64. The van der Waals surface area contributed by atoms with E-state index in [2.05, 4.69) is 19.9 Å². The number of aromatic nitrogens is 4. The minimum Gasteiger partial charge on any atom is -0.384 e. The van der Waals surface area contributed by atoms with Crippen molar-refractivity contribution < 1.29 is 13.2 Å². The second-order valence-electron chi connectivity index (χ2n) is 3.99. The predicted molar refractivity (Wildman–Crippen MR) is 67.1 cm³/mol. The van der Waals surface area contributed by atoms with Gasteiger partial charge in [-0.2, -0.15) is 13.2 Å². The molecule has 0 aliphatic rings. The van der Waals surface area contributed by atoms with Gasteiger partial charge in [0.05, 0.1) is 0 Å². The summed E-state index contributed by atoms with van der Waals surface area (Å²) in [4.78, 5) is 14.8. The minimum atomic E-state index is -4.64. The lowest BCUT2D eigenvalue weighted by molar-refractivity contribution is -0.145. The van der Waals surface area contributed by atoms with Crippen molar-refractivity contribution >= 4 is 17.6 Å². The van der Waals surface area contributed by atoms with E-state index in [4.69, 9.17) is 5.73 Å². The molecule has 0 amide bonds. The van der Waals surface area contributed by atoms with Gasteiger partial charge in [-0.3, -0.25) is 0 Å². The Morgan fingerprint density at radius 3 is 2.15 bits per heavy atom. The molecule has 106 valence electrons. The molecule has 9 heteroatoms. The van der Waals surface area contributed by atoms with Crippen LogP contribution in [0.2, 0.25) is 0 Å². The monoisotopic (exact) mass is 301 g/mol. The van der Waals surface area contributed by atoms with E-state index in [9.17, 15) is 13.2 Å². The molecule has 2 rings (SSSR count). The molecule has 0 fully saturated rings. The van der Waals surface area contributed by atoms with Gasteiger partial charge in [0, 0.05) is 17.5 Å². The van der Waals surface area contributed by atoms with E-state index in [0.29, 0.717) is 5.16 Å². The Morgan fingerprint density at radius 1 is 1.00 bits per heavy atom. The van der Waals surface area contributed by atoms with Gasteiger partial charge in [0.25, 0.3) is 0 Å². The Kier molecular flexibility index (Phi) is 3.80. The number of halogens is 3. The number of nitrogens with two attached hydrogens (primary N) is 1. The number of alkyl halides is 3. The third kappa shape index (κ3) is 3.56. The first-order valence-electron chi connectivity index (χ1n) is 5.46. The summed E-state index contributed by atoms with van der Waals surface area (Å²) in [5, 5.41) is 0.364. The molecule has 0 atom stereocenters. The average molecular weight is 301 g/mol. The van der Waals surface area contributed by atoms with E-state index in [0.717, 1.165) is 23.1 Å². The van der Waals surface area contributed by atoms with Crippen LogP contribution in [0.25, 0.3) is 0 Å². The molecule has 2 N–H and O–H groups in total. The molecule has 0 saturated carbocycles. The molecule has 5 nitrogen and oxygen atoms in total. The van der Waals surface area contributed by atoms with Crippen LogP contribution in [0.1, 0.15) is 17.2 Å². The number of hydrogen-bond acceptors (Lipinski definition) is 6. The number of aryl methyl sites for hydroxylation is 2. The fourth-order valence-corrected chi connectivity index (χ4v) is 2.33. The van der Waals surface area contributed by atoms with Gasteiger partial charge in [-0.05, 0) is 31.7 Å². The SMILES string of the molecule is Cc1cc(C)nc(Sc2cc(N)nc(C(F)(F)F)n2)n1. The summed E-state index contributed by atoms with van der Waals surface area (Å²) in [6, 6.07) is 3.01. The molecule has 0 aromatic carbocycles. The molecule has 2 aromatic heterocycles. The summed E-state index contributed by atoms with van der Waals surface area (Å²) in [5.41, 5.74) is 6.81. The Balaban J connectivity index is 2.36. The van der Waals surface area contributed by atoms with E-state index in [1.165, 1.54) is 6.07 Å². The highest BCUT2D eigenvalue weighted by Crippen LogP contribution is 2.30. The molecule has 0 saturated heterocycles. The van der Waals surface area contributed by atoms with E-state index in [1.807, 2.05) is 0 Å². The van der Waals surface area contributed by atoms with Crippen molar-refractivity contribution in [3.63, 3.8) is 0 Å². The first-order chi connectivity index (χ1) is 9.24. The fourth-order valence-electron chi connectivity index (χ4n) is 1.45. The van der Waals surface area contributed by atoms with Gasteiger partial charge >= 0.3 is 6.18 Å².